The number of nitrogens with two attached hydrogens (primary N) is 1. The van der Waals surface area contributed by atoms with E-state index in [-0.39, 0.29) is 5.84 Å². The summed E-state index contributed by atoms with van der Waals surface area (Å²) in [7, 11) is 0. The summed E-state index contributed by atoms with van der Waals surface area (Å²) >= 11 is 1.80. The topological polar surface area (TPSA) is 75.7 Å². The van der Waals surface area contributed by atoms with Crippen molar-refractivity contribution in [2.24, 2.45) is 5.73 Å². The smallest absolute Gasteiger partial charge is 0.143 e. The Morgan fingerprint density at radius 3 is 2.56 bits per heavy atom. The van der Waals surface area contributed by atoms with Crippen molar-refractivity contribution in [1.29, 1.82) is 5.41 Å². The SMILES string of the molecule is N=C(N)c1cnc(SC2CCCCC2)cn1. The van der Waals surface area contributed by atoms with Gasteiger partial charge in [0.05, 0.1) is 12.4 Å². The molecule has 3 N–H and O–H groups in total. The molecule has 1 aliphatic carbocycles. The summed E-state index contributed by atoms with van der Waals surface area (Å²) in [5.74, 6) is -0.0262. The summed E-state index contributed by atoms with van der Waals surface area (Å²) in [5.41, 5.74) is 5.77. The van der Waals surface area contributed by atoms with Crippen LogP contribution in [0.15, 0.2) is 17.4 Å². The van der Waals surface area contributed by atoms with Gasteiger partial charge in [0.1, 0.15) is 16.6 Å². The lowest BCUT2D eigenvalue weighted by atomic mass is 10.0. The summed E-state index contributed by atoms with van der Waals surface area (Å²) in [6.45, 7) is 0. The molecule has 1 fully saturated rings. The third-order valence-corrected chi connectivity index (χ3v) is 4.00. The van der Waals surface area contributed by atoms with E-state index in [2.05, 4.69) is 9.97 Å². The standard InChI is InChI=1S/C11H16N4S/c12-11(13)9-6-15-10(7-14-9)16-8-4-2-1-3-5-8/h6-8H,1-5H2,(H3,12,13). The average Bonchev–Trinajstić information content (AvgIpc) is 2.31. The van der Waals surface area contributed by atoms with Crippen LogP contribution in [-0.2, 0) is 0 Å². The van der Waals surface area contributed by atoms with Gasteiger partial charge < -0.3 is 5.73 Å². The van der Waals surface area contributed by atoms with Crippen molar-refractivity contribution >= 4 is 17.6 Å². The van der Waals surface area contributed by atoms with Crippen LogP contribution in [0.1, 0.15) is 37.8 Å². The molecule has 0 atom stereocenters. The molecule has 0 amide bonds. The molecular formula is C11H16N4S. The van der Waals surface area contributed by atoms with E-state index in [1.165, 1.54) is 32.1 Å². The number of nitrogens with one attached hydrogen (secondary N) is 1. The first kappa shape index (κ1) is 11.4. The number of hydrogen-bond acceptors (Lipinski definition) is 4. The van der Waals surface area contributed by atoms with Gasteiger partial charge in [0.25, 0.3) is 0 Å². The highest BCUT2D eigenvalue weighted by Gasteiger charge is 2.15. The minimum absolute atomic E-state index is 0.0262. The third-order valence-electron chi connectivity index (χ3n) is 2.74. The van der Waals surface area contributed by atoms with E-state index in [0.29, 0.717) is 10.9 Å². The van der Waals surface area contributed by atoms with Gasteiger partial charge in [0.2, 0.25) is 0 Å². The summed E-state index contributed by atoms with van der Waals surface area (Å²) in [4.78, 5) is 8.38. The van der Waals surface area contributed by atoms with Crippen molar-refractivity contribution < 1.29 is 0 Å². The van der Waals surface area contributed by atoms with Gasteiger partial charge in [-0.05, 0) is 12.8 Å². The first-order valence-corrected chi connectivity index (χ1v) is 6.47. The minimum atomic E-state index is -0.0262. The van der Waals surface area contributed by atoms with Crippen molar-refractivity contribution in [2.75, 3.05) is 0 Å². The fourth-order valence-corrected chi connectivity index (χ4v) is 3.01. The molecule has 16 heavy (non-hydrogen) atoms. The predicted octanol–water partition coefficient (Wildman–Crippen LogP) is 2.19. The number of amidine groups is 1. The van der Waals surface area contributed by atoms with Crippen LogP contribution in [0.25, 0.3) is 0 Å². The number of aromatic nitrogens is 2. The van der Waals surface area contributed by atoms with E-state index < -0.39 is 0 Å². The largest absolute Gasteiger partial charge is 0.382 e. The predicted molar refractivity (Wildman–Crippen MR) is 65.8 cm³/mol. The molecule has 0 radical (unpaired) electrons. The highest BCUT2D eigenvalue weighted by Crippen LogP contribution is 2.32. The third kappa shape index (κ3) is 2.95. The molecule has 1 aromatic heterocycles. The zero-order chi connectivity index (χ0) is 11.4. The lowest BCUT2D eigenvalue weighted by Gasteiger charge is -2.20. The van der Waals surface area contributed by atoms with Gasteiger partial charge in [0, 0.05) is 5.25 Å². The number of rotatable bonds is 3. The Morgan fingerprint density at radius 1 is 1.25 bits per heavy atom. The zero-order valence-electron chi connectivity index (χ0n) is 9.15. The molecule has 1 aromatic rings. The van der Waals surface area contributed by atoms with Gasteiger partial charge >= 0.3 is 0 Å². The van der Waals surface area contributed by atoms with Crippen LogP contribution in [0.3, 0.4) is 0 Å². The van der Waals surface area contributed by atoms with Crippen LogP contribution in [-0.4, -0.2) is 21.1 Å². The number of thioether (sulfide) groups is 1. The van der Waals surface area contributed by atoms with Crippen molar-refractivity contribution in [1.82, 2.24) is 9.97 Å². The molecule has 4 nitrogen and oxygen atoms in total. The van der Waals surface area contributed by atoms with Gasteiger partial charge in [-0.2, -0.15) is 0 Å². The van der Waals surface area contributed by atoms with Gasteiger partial charge in [0.15, 0.2) is 0 Å². The van der Waals surface area contributed by atoms with Crippen LogP contribution in [0.2, 0.25) is 0 Å². The van der Waals surface area contributed by atoms with Crippen molar-refractivity contribution in [3.8, 4) is 0 Å². The molecule has 0 spiro atoms. The second-order valence-electron chi connectivity index (χ2n) is 4.03. The summed E-state index contributed by atoms with van der Waals surface area (Å²) < 4.78 is 0. The first-order chi connectivity index (χ1) is 7.75. The van der Waals surface area contributed by atoms with E-state index in [0.717, 1.165) is 5.03 Å². The Labute approximate surface area is 99.6 Å². The Morgan fingerprint density at radius 2 is 2.00 bits per heavy atom. The van der Waals surface area contributed by atoms with Crippen LogP contribution in [0.4, 0.5) is 0 Å². The Bertz CT molecular complexity index is 357. The van der Waals surface area contributed by atoms with E-state index in [4.69, 9.17) is 11.1 Å². The van der Waals surface area contributed by atoms with Gasteiger partial charge in [-0.25, -0.2) is 9.97 Å². The molecular weight excluding hydrogens is 220 g/mol. The van der Waals surface area contributed by atoms with Gasteiger partial charge in [-0.1, -0.05) is 19.3 Å². The van der Waals surface area contributed by atoms with E-state index in [9.17, 15) is 0 Å². The molecule has 1 heterocycles. The monoisotopic (exact) mass is 236 g/mol. The van der Waals surface area contributed by atoms with E-state index >= 15 is 0 Å². The second kappa shape index (κ2) is 5.30. The molecule has 0 bridgehead atoms. The molecule has 0 saturated heterocycles. The molecule has 1 saturated carbocycles. The maximum Gasteiger partial charge on any atom is 0.143 e. The van der Waals surface area contributed by atoms with Crippen LogP contribution >= 0.6 is 11.8 Å². The maximum absolute atomic E-state index is 7.23. The Balaban J connectivity index is 1.96. The number of hydrogen-bond donors (Lipinski definition) is 2. The molecule has 0 unspecified atom stereocenters. The Kier molecular flexibility index (Phi) is 3.77. The lowest BCUT2D eigenvalue weighted by Crippen LogP contribution is -2.13. The highest BCUT2D eigenvalue weighted by molar-refractivity contribution is 7.99. The van der Waals surface area contributed by atoms with Gasteiger partial charge in [-0.15, -0.1) is 11.8 Å². The fraction of sp³-hybridized carbons (Fsp3) is 0.545. The minimum Gasteiger partial charge on any atom is -0.382 e. The van der Waals surface area contributed by atoms with Crippen molar-refractivity contribution in [3.05, 3.63) is 18.1 Å². The number of nitrogens with zero attached hydrogens (tertiary/aromatic N) is 2. The molecule has 0 aliphatic heterocycles. The highest BCUT2D eigenvalue weighted by atomic mass is 32.2. The maximum atomic E-state index is 7.23. The van der Waals surface area contributed by atoms with Crippen LogP contribution < -0.4 is 5.73 Å². The van der Waals surface area contributed by atoms with Gasteiger partial charge in [-0.3, -0.25) is 5.41 Å². The number of nitrogen functional groups attached to an aromatic ring is 1. The van der Waals surface area contributed by atoms with Crippen molar-refractivity contribution in [3.63, 3.8) is 0 Å². The molecule has 2 rings (SSSR count). The fourth-order valence-electron chi connectivity index (χ4n) is 1.87. The Hall–Kier alpha value is -1.10. The second-order valence-corrected chi connectivity index (χ2v) is 5.35. The normalized spacial score (nSPS) is 17.2. The van der Waals surface area contributed by atoms with Crippen LogP contribution in [0.5, 0.6) is 0 Å². The zero-order valence-corrected chi connectivity index (χ0v) is 9.96. The average molecular weight is 236 g/mol. The quantitative estimate of drug-likeness (QED) is 0.623. The lowest BCUT2D eigenvalue weighted by molar-refractivity contribution is 0.515. The van der Waals surface area contributed by atoms with E-state index in [1.54, 1.807) is 24.2 Å². The molecule has 0 aromatic carbocycles. The first-order valence-electron chi connectivity index (χ1n) is 5.59. The summed E-state index contributed by atoms with van der Waals surface area (Å²) in [6, 6.07) is 0. The van der Waals surface area contributed by atoms with Crippen molar-refractivity contribution in [2.45, 2.75) is 42.4 Å². The molecule has 1 aliphatic rings. The summed E-state index contributed by atoms with van der Waals surface area (Å²) in [5, 5.41) is 8.86. The molecule has 86 valence electrons. The van der Waals surface area contributed by atoms with Crippen LogP contribution in [0, 0.1) is 5.41 Å². The molecule has 5 heteroatoms. The summed E-state index contributed by atoms with van der Waals surface area (Å²) in [6.07, 6.45) is 9.88. The van der Waals surface area contributed by atoms with E-state index in [1.807, 2.05) is 0 Å².